The fourth-order valence-corrected chi connectivity index (χ4v) is 5.16. The topological polar surface area (TPSA) is 9.23 Å². The van der Waals surface area contributed by atoms with E-state index in [-0.39, 0.29) is 0 Å². The van der Waals surface area contributed by atoms with E-state index in [1.54, 1.807) is 0 Å². The second kappa shape index (κ2) is 15.7. The van der Waals surface area contributed by atoms with Gasteiger partial charge in [0, 0.05) is 11.8 Å². The number of hydrogen-bond donors (Lipinski definition) is 0. The molecule has 0 fully saturated rings. The normalized spacial score (nSPS) is 13.8. The Morgan fingerprint density at radius 2 is 0.730 bits per heavy atom. The van der Waals surface area contributed by atoms with E-state index in [9.17, 15) is 0 Å². The lowest BCUT2D eigenvalue weighted by molar-refractivity contribution is 0.101. The zero-order valence-electron chi connectivity index (χ0n) is 26.0. The zero-order chi connectivity index (χ0) is 27.5. The SMILES string of the molecule is CCCCC(COCC(CCCC)c1cc(C(C)C)cc(C(C)C)c1)c1cc(C(C)C)cc(C(C)C)c1. The molecule has 2 rings (SSSR count). The highest BCUT2D eigenvalue weighted by molar-refractivity contribution is 5.37. The molecule has 0 aromatic heterocycles. The molecule has 0 aliphatic heterocycles. The Balaban J connectivity index is 2.29. The molecule has 208 valence electrons. The van der Waals surface area contributed by atoms with Gasteiger partial charge in [0.1, 0.15) is 0 Å². The summed E-state index contributed by atoms with van der Waals surface area (Å²) < 4.78 is 6.66. The highest BCUT2D eigenvalue weighted by atomic mass is 16.5. The molecule has 1 heteroatoms. The summed E-state index contributed by atoms with van der Waals surface area (Å²) in [7, 11) is 0. The average molecular weight is 507 g/mol. The molecule has 0 aliphatic rings. The van der Waals surface area contributed by atoms with Gasteiger partial charge in [-0.2, -0.15) is 0 Å². The third-order valence-electron chi connectivity index (χ3n) is 8.06. The first kappa shape index (κ1) is 31.6. The van der Waals surface area contributed by atoms with Crippen LogP contribution in [0.5, 0.6) is 0 Å². The second-order valence-electron chi connectivity index (χ2n) is 12.7. The predicted octanol–water partition coefficient (Wildman–Crippen LogP) is 11.4. The standard InChI is InChI=1S/C36H58O/c1-11-13-15-29(35-19-31(25(3)4)17-32(20-35)26(5)6)23-37-24-30(16-14-12-2)36-21-33(27(7)8)18-34(22-36)28(9)10/h17-22,25-30H,11-16,23-24H2,1-10H3. The summed E-state index contributed by atoms with van der Waals surface area (Å²) in [6, 6.07) is 14.7. The minimum Gasteiger partial charge on any atom is -0.380 e. The van der Waals surface area contributed by atoms with Crippen molar-refractivity contribution in [2.45, 2.75) is 143 Å². The van der Waals surface area contributed by atoms with Gasteiger partial charge < -0.3 is 4.74 Å². The lowest BCUT2D eigenvalue weighted by Crippen LogP contribution is -2.15. The molecule has 0 amide bonds. The van der Waals surface area contributed by atoms with Crippen LogP contribution in [-0.2, 0) is 4.74 Å². The molecule has 1 nitrogen and oxygen atoms in total. The predicted molar refractivity (Wildman–Crippen MR) is 165 cm³/mol. The number of hydrogen-bond acceptors (Lipinski definition) is 1. The maximum atomic E-state index is 6.66. The van der Waals surface area contributed by atoms with Crippen molar-refractivity contribution in [1.82, 2.24) is 0 Å². The van der Waals surface area contributed by atoms with Crippen LogP contribution in [-0.4, -0.2) is 13.2 Å². The van der Waals surface area contributed by atoms with E-state index in [0.29, 0.717) is 35.5 Å². The molecule has 0 heterocycles. The second-order valence-corrected chi connectivity index (χ2v) is 12.7. The lowest BCUT2D eigenvalue weighted by atomic mass is 9.86. The van der Waals surface area contributed by atoms with Crippen molar-refractivity contribution in [2.24, 2.45) is 0 Å². The first-order valence-corrected chi connectivity index (χ1v) is 15.4. The summed E-state index contributed by atoms with van der Waals surface area (Å²) in [5, 5.41) is 0. The van der Waals surface area contributed by atoms with E-state index in [1.165, 1.54) is 71.9 Å². The molecule has 2 unspecified atom stereocenters. The molecule has 0 radical (unpaired) electrons. The van der Waals surface area contributed by atoms with Gasteiger partial charge in [0.05, 0.1) is 13.2 Å². The minimum atomic E-state index is 0.469. The molecule has 2 aromatic rings. The lowest BCUT2D eigenvalue weighted by Gasteiger charge is -2.24. The highest BCUT2D eigenvalue weighted by Gasteiger charge is 2.19. The maximum Gasteiger partial charge on any atom is 0.0535 e. The van der Waals surface area contributed by atoms with Crippen LogP contribution >= 0.6 is 0 Å². The molecule has 2 aromatic carbocycles. The molecular formula is C36H58O. The van der Waals surface area contributed by atoms with E-state index >= 15 is 0 Å². The highest BCUT2D eigenvalue weighted by Crippen LogP contribution is 2.33. The molecule has 0 saturated heterocycles. The van der Waals surface area contributed by atoms with Gasteiger partial charge in [0.2, 0.25) is 0 Å². The Hall–Kier alpha value is -1.60. The number of benzene rings is 2. The molecule has 0 saturated carbocycles. The first-order chi connectivity index (χ1) is 17.6. The molecule has 0 aliphatic carbocycles. The van der Waals surface area contributed by atoms with Crippen LogP contribution in [0.4, 0.5) is 0 Å². The summed E-state index contributed by atoms with van der Waals surface area (Å²) in [4.78, 5) is 0. The largest absolute Gasteiger partial charge is 0.380 e. The van der Waals surface area contributed by atoms with Crippen LogP contribution in [0.15, 0.2) is 36.4 Å². The fraction of sp³-hybridized carbons (Fsp3) is 0.667. The molecular weight excluding hydrogens is 448 g/mol. The quantitative estimate of drug-likeness (QED) is 0.220. The van der Waals surface area contributed by atoms with Crippen LogP contribution in [0.25, 0.3) is 0 Å². The summed E-state index contributed by atoms with van der Waals surface area (Å²) in [5.41, 5.74) is 8.84. The Morgan fingerprint density at radius 3 is 0.973 bits per heavy atom. The van der Waals surface area contributed by atoms with E-state index in [1.807, 2.05) is 0 Å². The smallest absolute Gasteiger partial charge is 0.0535 e. The van der Waals surface area contributed by atoms with Crippen LogP contribution in [0.1, 0.15) is 177 Å². The third-order valence-corrected chi connectivity index (χ3v) is 8.06. The van der Waals surface area contributed by atoms with E-state index in [2.05, 4.69) is 106 Å². The molecule has 0 N–H and O–H groups in total. The van der Waals surface area contributed by atoms with Crippen molar-refractivity contribution >= 4 is 0 Å². The summed E-state index contributed by atoms with van der Waals surface area (Å²) in [6.07, 6.45) is 7.38. The van der Waals surface area contributed by atoms with E-state index in [0.717, 1.165) is 13.2 Å². The van der Waals surface area contributed by atoms with E-state index < -0.39 is 0 Å². The molecule has 0 spiro atoms. The van der Waals surface area contributed by atoms with Gasteiger partial charge in [-0.1, -0.05) is 131 Å². The maximum absolute atomic E-state index is 6.66. The van der Waals surface area contributed by atoms with Crippen molar-refractivity contribution in [1.29, 1.82) is 0 Å². The number of rotatable bonds is 16. The van der Waals surface area contributed by atoms with Crippen LogP contribution in [0, 0.1) is 0 Å². The van der Waals surface area contributed by atoms with Crippen LogP contribution < -0.4 is 0 Å². The van der Waals surface area contributed by atoms with Gasteiger partial charge in [-0.15, -0.1) is 0 Å². The summed E-state index contributed by atoms with van der Waals surface area (Å²) >= 11 is 0. The molecule has 0 bridgehead atoms. The fourth-order valence-electron chi connectivity index (χ4n) is 5.16. The van der Waals surface area contributed by atoms with E-state index in [4.69, 9.17) is 4.74 Å². The van der Waals surface area contributed by atoms with Crippen LogP contribution in [0.2, 0.25) is 0 Å². The van der Waals surface area contributed by atoms with Gasteiger partial charge in [-0.05, 0) is 69.9 Å². The van der Waals surface area contributed by atoms with Gasteiger partial charge in [0.25, 0.3) is 0 Å². The number of ether oxygens (including phenoxy) is 1. The van der Waals surface area contributed by atoms with Crippen molar-refractivity contribution in [3.05, 3.63) is 69.8 Å². The van der Waals surface area contributed by atoms with Gasteiger partial charge in [0.15, 0.2) is 0 Å². The molecule has 37 heavy (non-hydrogen) atoms. The van der Waals surface area contributed by atoms with Crippen molar-refractivity contribution < 1.29 is 4.74 Å². The molecule has 2 atom stereocenters. The van der Waals surface area contributed by atoms with Crippen molar-refractivity contribution in [3.63, 3.8) is 0 Å². The monoisotopic (exact) mass is 506 g/mol. The average Bonchev–Trinajstić information content (AvgIpc) is 2.87. The first-order valence-electron chi connectivity index (χ1n) is 15.4. The van der Waals surface area contributed by atoms with Gasteiger partial charge in [-0.3, -0.25) is 0 Å². The van der Waals surface area contributed by atoms with Gasteiger partial charge in [-0.25, -0.2) is 0 Å². The minimum absolute atomic E-state index is 0.469. The van der Waals surface area contributed by atoms with Gasteiger partial charge >= 0.3 is 0 Å². The Morgan fingerprint density at radius 1 is 0.459 bits per heavy atom. The zero-order valence-corrected chi connectivity index (χ0v) is 26.0. The van der Waals surface area contributed by atoms with Crippen molar-refractivity contribution in [2.75, 3.05) is 13.2 Å². The summed E-state index contributed by atoms with van der Waals surface area (Å²) in [6.45, 7) is 24.8. The number of unbranched alkanes of at least 4 members (excludes halogenated alkanes) is 2. The van der Waals surface area contributed by atoms with Crippen LogP contribution in [0.3, 0.4) is 0 Å². The Kier molecular flexibility index (Phi) is 13.4. The summed E-state index contributed by atoms with van der Waals surface area (Å²) in [5.74, 6) is 3.13. The Labute approximate surface area is 230 Å². The third kappa shape index (κ3) is 9.90. The Bertz CT molecular complexity index is 792. The van der Waals surface area contributed by atoms with Crippen molar-refractivity contribution in [3.8, 4) is 0 Å².